The van der Waals surface area contributed by atoms with Crippen LogP contribution in [0.1, 0.15) is 130 Å². The number of carbonyl (C=O) groups excluding carboxylic acids is 4. The van der Waals surface area contributed by atoms with E-state index in [4.69, 9.17) is 9.47 Å². The van der Waals surface area contributed by atoms with Gasteiger partial charge in [-0.15, -0.1) is 0 Å². The van der Waals surface area contributed by atoms with Gasteiger partial charge >= 0.3 is 6.09 Å². The van der Waals surface area contributed by atoms with E-state index < -0.39 is 45.5 Å². The largest absolute Gasteiger partial charge is 0.489 e. The predicted molar refractivity (Wildman–Crippen MR) is 212 cm³/mol. The number of para-hydroxylation sites is 1. The van der Waals surface area contributed by atoms with Crippen LogP contribution < -0.4 is 19.7 Å². The third-order valence-electron chi connectivity index (χ3n) is 9.81. The molecule has 0 radical (unpaired) electrons. The van der Waals surface area contributed by atoms with Crippen molar-refractivity contribution < 1.29 is 37.1 Å². The summed E-state index contributed by atoms with van der Waals surface area (Å²) in [6.07, 6.45) is 15.5. The van der Waals surface area contributed by atoms with Crippen LogP contribution >= 0.6 is 0 Å². The maximum atomic E-state index is 14.1. The fourth-order valence-electron chi connectivity index (χ4n) is 6.92. The van der Waals surface area contributed by atoms with Crippen molar-refractivity contribution in [3.05, 3.63) is 48.0 Å². The summed E-state index contributed by atoms with van der Waals surface area (Å²) in [5.41, 5.74) is 0.290. The van der Waals surface area contributed by atoms with Gasteiger partial charge in [0, 0.05) is 18.3 Å². The van der Waals surface area contributed by atoms with Crippen molar-refractivity contribution in [2.24, 2.45) is 0 Å². The molecule has 2 heterocycles. The summed E-state index contributed by atoms with van der Waals surface area (Å²) in [7, 11) is -3.66. The van der Waals surface area contributed by atoms with Crippen molar-refractivity contribution >= 4 is 50.9 Å². The number of cyclic esters (lactones) is 1. The van der Waals surface area contributed by atoms with Gasteiger partial charge in [-0.2, -0.15) is 0 Å². The summed E-state index contributed by atoms with van der Waals surface area (Å²) in [6, 6.07) is 9.76. The van der Waals surface area contributed by atoms with Crippen LogP contribution in [0.15, 0.2) is 42.5 Å². The lowest BCUT2D eigenvalue weighted by Gasteiger charge is -2.28. The predicted octanol–water partition coefficient (Wildman–Crippen LogP) is 8.35. The third kappa shape index (κ3) is 11.9. The maximum Gasteiger partial charge on any atom is 0.418 e. The molecule has 0 bridgehead atoms. The van der Waals surface area contributed by atoms with E-state index in [1.54, 1.807) is 26.0 Å². The summed E-state index contributed by atoms with van der Waals surface area (Å²) in [6.45, 7) is 8.84. The molecular formula is C41H60N4O8S. The van der Waals surface area contributed by atoms with Crippen LogP contribution in [0.4, 0.5) is 21.9 Å². The second kappa shape index (κ2) is 20.0. The highest BCUT2D eigenvalue weighted by Gasteiger charge is 2.55. The first kappa shape index (κ1) is 42.6. The molecule has 2 aliphatic heterocycles. The zero-order valence-electron chi connectivity index (χ0n) is 32.8. The van der Waals surface area contributed by atoms with Gasteiger partial charge in [-0.3, -0.25) is 19.1 Å². The number of nitrogens with one attached hydrogen (secondary N) is 2. The van der Waals surface area contributed by atoms with Gasteiger partial charge in [0.2, 0.25) is 16.1 Å². The molecule has 2 N–H and O–H groups in total. The number of unbranched alkanes of at least 4 members (excludes halogenated alkanes) is 13. The first-order valence-corrected chi connectivity index (χ1v) is 21.5. The number of anilines is 3. The first-order chi connectivity index (χ1) is 25.7. The normalized spacial score (nSPS) is 15.7. The molecule has 0 spiro atoms. The number of sulfonamides is 1. The molecule has 4 rings (SSSR count). The van der Waals surface area contributed by atoms with Gasteiger partial charge in [-0.25, -0.2) is 18.1 Å². The Morgan fingerprint density at radius 3 is 2.04 bits per heavy atom. The third-order valence-corrected chi connectivity index (χ3v) is 11.2. The molecule has 0 saturated carbocycles. The van der Waals surface area contributed by atoms with Crippen LogP contribution in [0.5, 0.6) is 5.75 Å². The number of carbonyl (C=O) groups is 4. The molecule has 54 heavy (non-hydrogen) atoms. The fraction of sp³-hybridized carbons (Fsp3) is 0.610. The van der Waals surface area contributed by atoms with Crippen LogP contribution in [0.3, 0.4) is 0 Å². The average molecular weight is 769 g/mol. The first-order valence-electron chi connectivity index (χ1n) is 19.8. The van der Waals surface area contributed by atoms with Crippen LogP contribution in [0.25, 0.3) is 0 Å². The second-order valence-electron chi connectivity index (χ2n) is 15.2. The van der Waals surface area contributed by atoms with Gasteiger partial charge in [0.05, 0.1) is 23.2 Å². The highest BCUT2D eigenvalue weighted by molar-refractivity contribution is 7.92. The Morgan fingerprint density at radius 1 is 0.870 bits per heavy atom. The molecule has 1 unspecified atom stereocenters. The summed E-state index contributed by atoms with van der Waals surface area (Å²) in [4.78, 5) is 56.5. The molecule has 0 aromatic heterocycles. The number of imide groups is 1. The van der Waals surface area contributed by atoms with Gasteiger partial charge in [0.15, 0.2) is 5.60 Å². The summed E-state index contributed by atoms with van der Waals surface area (Å²) in [5, 5.41) is 2.67. The molecular weight excluding hydrogens is 709 g/mol. The zero-order chi connectivity index (χ0) is 39.3. The number of amides is 4. The quantitative estimate of drug-likeness (QED) is 0.0846. The molecule has 2 aliphatic rings. The maximum absolute atomic E-state index is 14.1. The Morgan fingerprint density at radius 2 is 1.46 bits per heavy atom. The number of ether oxygens (including phenoxy) is 2. The zero-order valence-corrected chi connectivity index (χ0v) is 33.6. The Hall–Kier alpha value is -4.13. The number of rotatable bonds is 23. The van der Waals surface area contributed by atoms with E-state index in [0.717, 1.165) is 24.8 Å². The van der Waals surface area contributed by atoms with Crippen molar-refractivity contribution in [1.82, 2.24) is 4.90 Å². The average Bonchev–Trinajstić information content (AvgIpc) is 3.63. The molecule has 4 amide bonds. The summed E-state index contributed by atoms with van der Waals surface area (Å²) >= 11 is 0. The van der Waals surface area contributed by atoms with E-state index in [0.29, 0.717) is 23.4 Å². The minimum atomic E-state index is -3.66. The SMILES string of the molecule is CCCCCCCCCCCCCCCCS(=O)(=O)Nc1ccc(NC(=O)C(C(=O)N2CCc3ccccc32)N2C(=O)OC(C)(C)C2=O)c(OC(C)C)c1. The van der Waals surface area contributed by atoms with Crippen molar-refractivity contribution in [1.29, 1.82) is 0 Å². The smallest absolute Gasteiger partial charge is 0.418 e. The molecule has 298 valence electrons. The van der Waals surface area contributed by atoms with E-state index >= 15 is 0 Å². The lowest BCUT2D eigenvalue weighted by Crippen LogP contribution is -2.57. The summed E-state index contributed by atoms with van der Waals surface area (Å²) < 4.78 is 39.8. The molecule has 1 saturated heterocycles. The van der Waals surface area contributed by atoms with E-state index in [1.165, 1.54) is 101 Å². The number of nitrogens with zero attached hydrogens (tertiary/aromatic N) is 2. The number of hydrogen-bond donors (Lipinski definition) is 2. The molecule has 2 aromatic rings. The molecule has 1 fully saturated rings. The Labute approximate surface area is 321 Å². The van der Waals surface area contributed by atoms with E-state index in [-0.39, 0.29) is 35.5 Å². The summed E-state index contributed by atoms with van der Waals surface area (Å²) in [5.74, 6) is -2.42. The second-order valence-corrected chi connectivity index (χ2v) is 17.1. The molecule has 0 aliphatic carbocycles. The molecule has 1 atom stereocenters. The van der Waals surface area contributed by atoms with Gasteiger partial charge < -0.3 is 19.7 Å². The molecule has 13 heteroatoms. The van der Waals surface area contributed by atoms with Gasteiger partial charge in [0.25, 0.3) is 17.7 Å². The van der Waals surface area contributed by atoms with E-state index in [9.17, 15) is 27.6 Å². The standard InChI is InChI=1S/C41H60N4O8S/c1-6-7-8-9-10-11-12-13-14-15-16-17-18-21-28-54(50,51)43-32-24-25-33(35(29-32)52-30(2)3)42-37(46)36(45-39(48)41(4,5)53-40(45)49)38(47)44-27-26-31-22-19-20-23-34(31)44/h19-20,22-25,29-30,36,43H,6-18,21,26-28H2,1-5H3,(H,42,46). The van der Waals surface area contributed by atoms with Gasteiger partial charge in [-0.05, 0) is 64.3 Å². The van der Waals surface area contributed by atoms with Crippen LogP contribution in [0.2, 0.25) is 0 Å². The minimum Gasteiger partial charge on any atom is -0.489 e. The van der Waals surface area contributed by atoms with E-state index in [1.807, 2.05) is 12.1 Å². The fourth-order valence-corrected chi connectivity index (χ4v) is 8.09. The highest BCUT2D eigenvalue weighted by Crippen LogP contribution is 2.34. The Balaban J connectivity index is 1.36. The van der Waals surface area contributed by atoms with Crippen LogP contribution in [0, 0.1) is 0 Å². The number of hydrogen-bond acceptors (Lipinski definition) is 8. The topological polar surface area (TPSA) is 151 Å². The van der Waals surface area contributed by atoms with Gasteiger partial charge in [-0.1, -0.05) is 109 Å². The van der Waals surface area contributed by atoms with Crippen LogP contribution in [-0.2, 0) is 35.6 Å². The highest BCUT2D eigenvalue weighted by atomic mass is 32.2. The molecule has 2 aromatic carbocycles. The lowest BCUT2D eigenvalue weighted by molar-refractivity contribution is -0.143. The van der Waals surface area contributed by atoms with E-state index in [2.05, 4.69) is 17.0 Å². The van der Waals surface area contributed by atoms with Crippen molar-refractivity contribution in [3.63, 3.8) is 0 Å². The molecule has 12 nitrogen and oxygen atoms in total. The Kier molecular flexibility index (Phi) is 15.8. The monoisotopic (exact) mass is 768 g/mol. The minimum absolute atomic E-state index is 0.0242. The van der Waals surface area contributed by atoms with Crippen molar-refractivity contribution in [3.8, 4) is 5.75 Å². The van der Waals surface area contributed by atoms with Crippen LogP contribution in [-0.4, -0.2) is 67.2 Å². The van der Waals surface area contributed by atoms with Crippen molar-refractivity contribution in [2.75, 3.05) is 27.2 Å². The number of benzene rings is 2. The lowest BCUT2D eigenvalue weighted by atomic mass is 10.0. The Bertz CT molecular complexity index is 1710. The van der Waals surface area contributed by atoms with Gasteiger partial charge in [0.1, 0.15) is 5.75 Å². The van der Waals surface area contributed by atoms with Crippen molar-refractivity contribution in [2.45, 2.75) is 149 Å². The number of fused-ring (bicyclic) bond motifs is 1.